The van der Waals surface area contributed by atoms with Gasteiger partial charge in [-0.25, -0.2) is 14.4 Å². The second-order valence-corrected chi connectivity index (χ2v) is 6.37. The van der Waals surface area contributed by atoms with Gasteiger partial charge in [0.2, 0.25) is 0 Å². The van der Waals surface area contributed by atoms with Crippen LogP contribution in [0.3, 0.4) is 0 Å². The molecule has 1 aliphatic heterocycles. The molecule has 0 aliphatic carbocycles. The highest BCUT2D eigenvalue weighted by Gasteiger charge is 2.23. The predicted octanol–water partition coefficient (Wildman–Crippen LogP) is 3.95. The minimum Gasteiger partial charge on any atom is -0.354 e. The van der Waals surface area contributed by atoms with E-state index in [1.54, 1.807) is 25.1 Å². The van der Waals surface area contributed by atoms with Crippen molar-refractivity contribution in [3.63, 3.8) is 0 Å². The quantitative estimate of drug-likeness (QED) is 0.914. The molecule has 6 heteroatoms. The van der Waals surface area contributed by atoms with Gasteiger partial charge in [0, 0.05) is 24.3 Å². The molecule has 2 heterocycles. The molecular weight excluding hydrogens is 319 g/mol. The molecule has 0 radical (unpaired) electrons. The fourth-order valence-corrected chi connectivity index (χ4v) is 3.30. The summed E-state index contributed by atoms with van der Waals surface area (Å²) in [6, 6.07) is 8.00. The van der Waals surface area contributed by atoms with Crippen molar-refractivity contribution in [1.82, 2.24) is 9.97 Å². The van der Waals surface area contributed by atoms with E-state index in [4.69, 9.17) is 0 Å². The van der Waals surface area contributed by atoms with Crippen molar-refractivity contribution >= 4 is 17.4 Å². The lowest BCUT2D eigenvalue weighted by Gasteiger charge is -2.36. The minimum atomic E-state index is -0.392. The van der Waals surface area contributed by atoms with Crippen LogP contribution in [0, 0.1) is 12.7 Å². The Kier molecular flexibility index (Phi) is 5.26. The molecule has 1 amide bonds. The molecule has 5 nitrogen and oxygen atoms in total. The Hall–Kier alpha value is -2.50. The smallest absolute Gasteiger partial charge is 0.274 e. The average molecular weight is 342 g/mol. The maximum atomic E-state index is 13.3. The van der Waals surface area contributed by atoms with Gasteiger partial charge in [-0.05, 0) is 50.8 Å². The Labute approximate surface area is 147 Å². The highest BCUT2D eigenvalue weighted by molar-refractivity contribution is 6.03. The summed E-state index contributed by atoms with van der Waals surface area (Å²) in [6.07, 6.45) is 4.55. The third-order valence-corrected chi connectivity index (χ3v) is 4.53. The maximum Gasteiger partial charge on any atom is 0.274 e. The molecule has 0 bridgehead atoms. The number of nitrogens with zero attached hydrogens (tertiary/aromatic N) is 3. The number of amides is 1. The van der Waals surface area contributed by atoms with E-state index < -0.39 is 5.82 Å². The monoisotopic (exact) mass is 342 g/mol. The number of rotatable bonds is 4. The molecule has 2 aromatic rings. The number of nitrogens with one attached hydrogen (secondary N) is 1. The van der Waals surface area contributed by atoms with Gasteiger partial charge >= 0.3 is 0 Å². The van der Waals surface area contributed by atoms with E-state index in [9.17, 15) is 9.18 Å². The number of carbonyl (C=O) groups excluding carboxylic acids is 1. The molecule has 25 heavy (non-hydrogen) atoms. The Morgan fingerprint density at radius 2 is 2.16 bits per heavy atom. The molecule has 1 aliphatic rings. The summed E-state index contributed by atoms with van der Waals surface area (Å²) in [4.78, 5) is 23.6. The van der Waals surface area contributed by atoms with Gasteiger partial charge in [-0.3, -0.25) is 4.79 Å². The molecule has 1 atom stereocenters. The van der Waals surface area contributed by atoms with Gasteiger partial charge in [0.15, 0.2) is 0 Å². The molecule has 0 spiro atoms. The van der Waals surface area contributed by atoms with Gasteiger partial charge in [-0.2, -0.15) is 0 Å². The van der Waals surface area contributed by atoms with Crippen molar-refractivity contribution in [2.45, 2.75) is 45.6 Å². The fraction of sp³-hybridized carbons (Fsp3) is 0.421. The van der Waals surface area contributed by atoms with Gasteiger partial charge in [-0.1, -0.05) is 13.0 Å². The van der Waals surface area contributed by atoms with Crippen LogP contribution < -0.4 is 10.2 Å². The van der Waals surface area contributed by atoms with Crippen molar-refractivity contribution in [3.8, 4) is 0 Å². The summed E-state index contributed by atoms with van der Waals surface area (Å²) in [6.45, 7) is 4.90. The van der Waals surface area contributed by atoms with Crippen LogP contribution in [0.1, 0.15) is 48.9 Å². The minimum absolute atomic E-state index is 0.298. The summed E-state index contributed by atoms with van der Waals surface area (Å²) >= 11 is 0. The summed E-state index contributed by atoms with van der Waals surface area (Å²) in [5.41, 5.74) is 0.708. The van der Waals surface area contributed by atoms with Crippen molar-refractivity contribution in [3.05, 3.63) is 47.7 Å². The van der Waals surface area contributed by atoms with Crippen LogP contribution in [0.15, 0.2) is 30.3 Å². The Balaban J connectivity index is 1.84. The zero-order valence-electron chi connectivity index (χ0n) is 14.6. The topological polar surface area (TPSA) is 58.1 Å². The van der Waals surface area contributed by atoms with Crippen molar-refractivity contribution in [1.29, 1.82) is 0 Å². The van der Waals surface area contributed by atoms with E-state index in [2.05, 4.69) is 27.1 Å². The van der Waals surface area contributed by atoms with E-state index in [0.717, 1.165) is 31.6 Å². The largest absolute Gasteiger partial charge is 0.354 e. The molecule has 1 saturated heterocycles. The highest BCUT2D eigenvalue weighted by Crippen LogP contribution is 2.25. The molecule has 3 rings (SSSR count). The predicted molar refractivity (Wildman–Crippen MR) is 96.4 cm³/mol. The van der Waals surface area contributed by atoms with Crippen LogP contribution in [0.25, 0.3) is 0 Å². The fourth-order valence-electron chi connectivity index (χ4n) is 3.30. The number of carbonyl (C=O) groups is 1. The van der Waals surface area contributed by atoms with Crippen molar-refractivity contribution < 1.29 is 9.18 Å². The summed E-state index contributed by atoms with van der Waals surface area (Å²) in [5, 5.41) is 2.69. The molecule has 0 saturated carbocycles. The van der Waals surface area contributed by atoms with Crippen LogP contribution in [0.4, 0.5) is 15.9 Å². The van der Waals surface area contributed by atoms with Crippen LogP contribution in [0.5, 0.6) is 0 Å². The second-order valence-electron chi connectivity index (χ2n) is 6.37. The summed E-state index contributed by atoms with van der Waals surface area (Å²) in [7, 11) is 0. The number of aromatic nitrogens is 2. The van der Waals surface area contributed by atoms with Crippen LogP contribution in [-0.2, 0) is 0 Å². The summed E-state index contributed by atoms with van der Waals surface area (Å²) in [5.74, 6) is 0.602. The van der Waals surface area contributed by atoms with Crippen molar-refractivity contribution in [2.75, 3.05) is 16.8 Å². The average Bonchev–Trinajstić information content (AvgIpc) is 2.61. The molecule has 1 fully saturated rings. The summed E-state index contributed by atoms with van der Waals surface area (Å²) < 4.78 is 13.3. The SMILES string of the molecule is CCC1CCCCN1c1cc(C(=O)Nc2cccc(F)c2)nc(C)n1. The Bertz CT molecular complexity index is 765. The Morgan fingerprint density at radius 3 is 2.92 bits per heavy atom. The number of hydrogen-bond acceptors (Lipinski definition) is 4. The zero-order chi connectivity index (χ0) is 17.8. The first-order valence-corrected chi connectivity index (χ1v) is 8.76. The lowest BCUT2D eigenvalue weighted by atomic mass is 10.00. The third-order valence-electron chi connectivity index (χ3n) is 4.53. The first-order valence-electron chi connectivity index (χ1n) is 8.76. The Morgan fingerprint density at radius 1 is 1.32 bits per heavy atom. The number of anilines is 2. The van der Waals surface area contributed by atoms with E-state index in [1.165, 1.54) is 18.6 Å². The molecule has 1 unspecified atom stereocenters. The van der Waals surface area contributed by atoms with Gasteiger partial charge in [-0.15, -0.1) is 0 Å². The molecule has 1 N–H and O–H groups in total. The number of aryl methyl sites for hydroxylation is 1. The number of hydrogen-bond donors (Lipinski definition) is 1. The van der Waals surface area contributed by atoms with Crippen molar-refractivity contribution in [2.24, 2.45) is 0 Å². The second kappa shape index (κ2) is 7.59. The van der Waals surface area contributed by atoms with Gasteiger partial charge in [0.25, 0.3) is 5.91 Å². The van der Waals surface area contributed by atoms with E-state index in [0.29, 0.717) is 23.2 Å². The first-order chi connectivity index (χ1) is 12.1. The zero-order valence-corrected chi connectivity index (χ0v) is 14.6. The van der Waals surface area contributed by atoms with Gasteiger partial charge < -0.3 is 10.2 Å². The normalized spacial score (nSPS) is 17.4. The lowest BCUT2D eigenvalue weighted by Crippen LogP contribution is -2.40. The number of piperidine rings is 1. The van der Waals surface area contributed by atoms with Crippen LogP contribution >= 0.6 is 0 Å². The third kappa shape index (κ3) is 4.13. The lowest BCUT2D eigenvalue weighted by molar-refractivity contribution is 0.102. The van der Waals surface area contributed by atoms with E-state index in [1.807, 2.05) is 0 Å². The first kappa shape index (κ1) is 17.3. The highest BCUT2D eigenvalue weighted by atomic mass is 19.1. The molecule has 132 valence electrons. The number of benzene rings is 1. The van der Waals surface area contributed by atoms with Gasteiger partial charge in [0.05, 0.1) is 0 Å². The van der Waals surface area contributed by atoms with Crippen LogP contribution in [0.2, 0.25) is 0 Å². The molecular formula is C19H23FN4O. The molecule has 1 aromatic carbocycles. The molecule has 1 aromatic heterocycles. The standard InChI is InChI=1S/C19H23FN4O/c1-3-16-9-4-5-10-24(16)18-12-17(21-13(2)22-18)19(25)23-15-8-6-7-14(20)11-15/h6-8,11-12,16H,3-5,9-10H2,1-2H3,(H,23,25). The maximum absolute atomic E-state index is 13.3. The van der Waals surface area contributed by atoms with Gasteiger partial charge in [0.1, 0.15) is 23.2 Å². The van der Waals surface area contributed by atoms with Crippen LogP contribution in [-0.4, -0.2) is 28.5 Å². The number of halogens is 1. The van der Waals surface area contributed by atoms with E-state index in [-0.39, 0.29) is 5.91 Å². The van der Waals surface area contributed by atoms with E-state index >= 15 is 0 Å².